The van der Waals surface area contributed by atoms with E-state index in [1.165, 1.54) is 30.5 Å². The molecular formula is C16H25BrN2O. The lowest BCUT2D eigenvalue weighted by Crippen LogP contribution is -2.31. The molecule has 0 heterocycles. The predicted molar refractivity (Wildman–Crippen MR) is 88.4 cm³/mol. The van der Waals surface area contributed by atoms with E-state index in [2.05, 4.69) is 51.3 Å². The Balaban J connectivity index is 2.14. The van der Waals surface area contributed by atoms with Crippen molar-refractivity contribution in [1.29, 1.82) is 0 Å². The summed E-state index contributed by atoms with van der Waals surface area (Å²) in [7, 11) is 1.77. The molecule has 1 aliphatic carbocycles. The van der Waals surface area contributed by atoms with Crippen LogP contribution in [0.1, 0.15) is 31.7 Å². The Labute approximate surface area is 130 Å². The molecule has 0 radical (unpaired) electrons. The lowest BCUT2D eigenvalue weighted by atomic mass is 10.1. The molecule has 0 unspecified atom stereocenters. The second-order valence-electron chi connectivity index (χ2n) is 5.37. The van der Waals surface area contributed by atoms with Crippen LogP contribution in [-0.4, -0.2) is 32.8 Å². The molecule has 3 nitrogen and oxygen atoms in total. The molecule has 1 N–H and O–H groups in total. The number of halogens is 1. The minimum atomic E-state index is 0.705. The first kappa shape index (κ1) is 15.8. The maximum absolute atomic E-state index is 5.27. The average Bonchev–Trinajstić information content (AvgIpc) is 3.26. The summed E-state index contributed by atoms with van der Waals surface area (Å²) in [5, 5.41) is 3.51. The number of benzene rings is 1. The molecule has 20 heavy (non-hydrogen) atoms. The number of rotatable bonds is 9. The van der Waals surface area contributed by atoms with Crippen molar-refractivity contribution in [2.75, 3.05) is 31.7 Å². The molecule has 4 heteroatoms. The fourth-order valence-corrected chi connectivity index (χ4v) is 2.86. The highest BCUT2D eigenvalue weighted by Crippen LogP contribution is 2.34. The van der Waals surface area contributed by atoms with E-state index in [1.807, 2.05) is 0 Å². The monoisotopic (exact) mass is 340 g/mol. The number of nitrogens with zero attached hydrogens (tertiary/aromatic N) is 1. The van der Waals surface area contributed by atoms with E-state index in [4.69, 9.17) is 4.74 Å². The highest BCUT2D eigenvalue weighted by Gasteiger charge is 2.30. The van der Waals surface area contributed by atoms with Gasteiger partial charge < -0.3 is 15.0 Å². The molecule has 0 aliphatic heterocycles. The van der Waals surface area contributed by atoms with Crippen LogP contribution in [0.3, 0.4) is 0 Å². The van der Waals surface area contributed by atoms with Gasteiger partial charge in [-0.25, -0.2) is 0 Å². The minimum absolute atomic E-state index is 0.705. The number of nitrogens with one attached hydrogen (secondary N) is 1. The molecule has 0 aromatic heterocycles. The normalized spacial score (nSPS) is 14.6. The number of anilines is 1. The summed E-state index contributed by atoms with van der Waals surface area (Å²) in [6.07, 6.45) is 3.78. The van der Waals surface area contributed by atoms with Crippen LogP contribution in [0.15, 0.2) is 22.7 Å². The van der Waals surface area contributed by atoms with Gasteiger partial charge >= 0.3 is 0 Å². The highest BCUT2D eigenvalue weighted by molar-refractivity contribution is 9.10. The maximum Gasteiger partial charge on any atom is 0.0637 e. The molecule has 0 saturated heterocycles. The maximum atomic E-state index is 5.27. The van der Waals surface area contributed by atoms with Crippen molar-refractivity contribution < 1.29 is 4.74 Å². The smallest absolute Gasteiger partial charge is 0.0637 e. The summed E-state index contributed by atoms with van der Waals surface area (Å²) < 4.78 is 6.42. The van der Waals surface area contributed by atoms with E-state index < -0.39 is 0 Å². The van der Waals surface area contributed by atoms with Gasteiger partial charge in [0, 0.05) is 36.4 Å². The molecule has 112 valence electrons. The molecule has 1 fully saturated rings. The average molecular weight is 341 g/mol. The Morgan fingerprint density at radius 1 is 1.40 bits per heavy atom. The summed E-state index contributed by atoms with van der Waals surface area (Å²) in [6.45, 7) is 5.95. The standard InChI is InChI=1S/C16H25BrN2O/c1-3-8-18-12-13-11-14(17)4-7-16(13)19(9-10-20-2)15-5-6-15/h4,7,11,15,18H,3,5-6,8-10,12H2,1-2H3. The van der Waals surface area contributed by atoms with Crippen molar-refractivity contribution in [3.8, 4) is 0 Å². The molecule has 1 aromatic carbocycles. The van der Waals surface area contributed by atoms with Crippen molar-refractivity contribution in [2.24, 2.45) is 0 Å². The van der Waals surface area contributed by atoms with Crippen molar-refractivity contribution in [1.82, 2.24) is 5.32 Å². The Kier molecular flexibility index (Phi) is 6.33. The third kappa shape index (κ3) is 4.47. The van der Waals surface area contributed by atoms with Gasteiger partial charge in [0.15, 0.2) is 0 Å². The second-order valence-corrected chi connectivity index (χ2v) is 6.28. The third-order valence-corrected chi connectivity index (χ3v) is 4.11. The highest BCUT2D eigenvalue weighted by atomic mass is 79.9. The fraction of sp³-hybridized carbons (Fsp3) is 0.625. The zero-order valence-corrected chi connectivity index (χ0v) is 14.1. The van der Waals surface area contributed by atoms with Gasteiger partial charge in [-0.2, -0.15) is 0 Å². The van der Waals surface area contributed by atoms with Crippen LogP contribution in [0.25, 0.3) is 0 Å². The number of ether oxygens (including phenoxy) is 1. The summed E-state index contributed by atoms with van der Waals surface area (Å²) in [5.41, 5.74) is 2.73. The van der Waals surface area contributed by atoms with Crippen LogP contribution in [0.2, 0.25) is 0 Å². The Bertz CT molecular complexity index is 421. The molecule has 0 bridgehead atoms. The largest absolute Gasteiger partial charge is 0.383 e. The summed E-state index contributed by atoms with van der Waals surface area (Å²) in [4.78, 5) is 2.51. The van der Waals surface area contributed by atoms with Crippen LogP contribution >= 0.6 is 15.9 Å². The number of methoxy groups -OCH3 is 1. The minimum Gasteiger partial charge on any atom is -0.383 e. The van der Waals surface area contributed by atoms with Gasteiger partial charge in [-0.05, 0) is 49.6 Å². The molecule has 0 atom stereocenters. The Morgan fingerprint density at radius 2 is 2.20 bits per heavy atom. The van der Waals surface area contributed by atoms with Crippen LogP contribution in [0.5, 0.6) is 0 Å². The van der Waals surface area contributed by atoms with Gasteiger partial charge in [0.2, 0.25) is 0 Å². The third-order valence-electron chi connectivity index (χ3n) is 3.62. The van der Waals surface area contributed by atoms with Gasteiger partial charge in [-0.3, -0.25) is 0 Å². The molecule has 2 rings (SSSR count). The van der Waals surface area contributed by atoms with Crippen LogP contribution in [0, 0.1) is 0 Å². The van der Waals surface area contributed by atoms with Gasteiger partial charge in [0.1, 0.15) is 0 Å². The van der Waals surface area contributed by atoms with E-state index in [9.17, 15) is 0 Å². The first-order valence-corrected chi connectivity index (χ1v) is 8.30. The predicted octanol–water partition coefficient (Wildman–Crippen LogP) is 3.56. The SMILES string of the molecule is CCCNCc1cc(Br)ccc1N(CCOC)C1CC1. The summed E-state index contributed by atoms with van der Waals surface area (Å²) in [6, 6.07) is 7.32. The summed E-state index contributed by atoms with van der Waals surface area (Å²) in [5.74, 6) is 0. The molecule has 0 spiro atoms. The van der Waals surface area contributed by atoms with E-state index >= 15 is 0 Å². The van der Waals surface area contributed by atoms with Crippen molar-refractivity contribution in [2.45, 2.75) is 38.8 Å². The van der Waals surface area contributed by atoms with E-state index in [1.54, 1.807) is 7.11 Å². The van der Waals surface area contributed by atoms with Gasteiger partial charge in [-0.15, -0.1) is 0 Å². The van der Waals surface area contributed by atoms with Crippen LogP contribution in [-0.2, 0) is 11.3 Å². The van der Waals surface area contributed by atoms with Crippen LogP contribution in [0.4, 0.5) is 5.69 Å². The van der Waals surface area contributed by atoms with E-state index in [-0.39, 0.29) is 0 Å². The molecule has 1 aliphatic rings. The number of hydrogen-bond donors (Lipinski definition) is 1. The van der Waals surface area contributed by atoms with Crippen molar-refractivity contribution in [3.05, 3.63) is 28.2 Å². The van der Waals surface area contributed by atoms with Crippen molar-refractivity contribution >= 4 is 21.6 Å². The van der Waals surface area contributed by atoms with Gasteiger partial charge in [0.05, 0.1) is 6.61 Å². The molecule has 1 aromatic rings. The molecule has 0 amide bonds. The van der Waals surface area contributed by atoms with E-state index in [0.29, 0.717) is 6.04 Å². The van der Waals surface area contributed by atoms with Crippen molar-refractivity contribution in [3.63, 3.8) is 0 Å². The molecule has 1 saturated carbocycles. The second kappa shape index (κ2) is 8.01. The Hall–Kier alpha value is -0.580. The van der Waals surface area contributed by atoms with Gasteiger partial charge in [-0.1, -0.05) is 22.9 Å². The number of hydrogen-bond acceptors (Lipinski definition) is 3. The first-order valence-electron chi connectivity index (χ1n) is 7.51. The van der Waals surface area contributed by atoms with Crippen LogP contribution < -0.4 is 10.2 Å². The van der Waals surface area contributed by atoms with E-state index in [0.717, 1.165) is 30.7 Å². The summed E-state index contributed by atoms with van der Waals surface area (Å²) >= 11 is 3.59. The Morgan fingerprint density at radius 3 is 2.85 bits per heavy atom. The fourth-order valence-electron chi connectivity index (χ4n) is 2.45. The first-order chi connectivity index (χ1) is 9.76. The lowest BCUT2D eigenvalue weighted by Gasteiger charge is -2.27. The molecular weight excluding hydrogens is 316 g/mol. The van der Waals surface area contributed by atoms with Gasteiger partial charge in [0.25, 0.3) is 0 Å². The quantitative estimate of drug-likeness (QED) is 0.695. The zero-order chi connectivity index (χ0) is 14.4. The topological polar surface area (TPSA) is 24.5 Å². The zero-order valence-electron chi connectivity index (χ0n) is 12.5. The lowest BCUT2D eigenvalue weighted by molar-refractivity contribution is 0.205.